The Labute approximate surface area is 231 Å². The van der Waals surface area contributed by atoms with E-state index in [9.17, 15) is 28.8 Å². The summed E-state index contributed by atoms with van der Waals surface area (Å²) >= 11 is 0. The second-order valence-corrected chi connectivity index (χ2v) is 8.86. The van der Waals surface area contributed by atoms with Crippen molar-refractivity contribution in [2.75, 3.05) is 52.7 Å². The van der Waals surface area contributed by atoms with Gasteiger partial charge in [-0.05, 0) is 38.7 Å². The van der Waals surface area contributed by atoms with Gasteiger partial charge < -0.3 is 39.1 Å². The van der Waals surface area contributed by atoms with E-state index in [1.54, 1.807) is 13.8 Å². The molecule has 0 radical (unpaired) electrons. The van der Waals surface area contributed by atoms with Gasteiger partial charge >= 0.3 is 36.1 Å². The number of alkyl carbamates (subject to hydrolysis) is 2. The minimum atomic E-state index is -1.49. The van der Waals surface area contributed by atoms with Crippen LogP contribution in [0.15, 0.2) is 24.8 Å². The van der Waals surface area contributed by atoms with Crippen LogP contribution < -0.4 is 10.6 Å². The molecule has 14 heteroatoms. The molecule has 0 aliphatic heterocycles. The van der Waals surface area contributed by atoms with Crippen LogP contribution >= 0.6 is 0 Å². The summed E-state index contributed by atoms with van der Waals surface area (Å²) in [5, 5.41) is 4.70. The molecule has 0 saturated heterocycles. The maximum Gasteiger partial charge on any atom is 0.407 e. The summed E-state index contributed by atoms with van der Waals surface area (Å²) in [6, 6.07) is 0. The predicted octanol–water partition coefficient (Wildman–Crippen LogP) is 1.18. The highest BCUT2D eigenvalue weighted by molar-refractivity contribution is 6.05. The first kappa shape index (κ1) is 32.1. The Morgan fingerprint density at radius 2 is 1.25 bits per heavy atom. The van der Waals surface area contributed by atoms with Gasteiger partial charge in [0.2, 0.25) is 0 Å². The van der Waals surface area contributed by atoms with Crippen LogP contribution in [0.5, 0.6) is 0 Å². The summed E-state index contributed by atoms with van der Waals surface area (Å²) in [5.74, 6) is -3.24. The van der Waals surface area contributed by atoms with Crippen LogP contribution in [-0.4, -0.2) is 88.8 Å². The molecule has 0 heterocycles. The first-order valence-corrected chi connectivity index (χ1v) is 12.9. The van der Waals surface area contributed by atoms with E-state index in [1.807, 2.05) is 0 Å². The lowest BCUT2D eigenvalue weighted by Crippen LogP contribution is -2.49. The van der Waals surface area contributed by atoms with Crippen molar-refractivity contribution in [3.8, 4) is 0 Å². The topological polar surface area (TPSA) is 182 Å². The normalized spacial score (nSPS) is 22.4. The Kier molecular flexibility index (Phi) is 12.0. The van der Waals surface area contributed by atoms with Gasteiger partial charge in [0.25, 0.3) is 0 Å². The molecule has 2 amide bonds. The van der Waals surface area contributed by atoms with E-state index in [0.29, 0.717) is 12.0 Å². The Morgan fingerprint density at radius 1 is 0.775 bits per heavy atom. The van der Waals surface area contributed by atoms with Crippen molar-refractivity contribution < 1.29 is 57.2 Å². The van der Waals surface area contributed by atoms with Crippen molar-refractivity contribution in [2.24, 2.45) is 16.7 Å². The molecule has 0 aromatic heterocycles. The van der Waals surface area contributed by atoms with Crippen molar-refractivity contribution in [2.45, 2.75) is 33.1 Å². The van der Waals surface area contributed by atoms with Gasteiger partial charge in [0.15, 0.2) is 10.8 Å². The maximum atomic E-state index is 12.4. The molecule has 2 saturated carbocycles. The number of carbonyl (C=O) groups excluding carboxylic acids is 6. The van der Waals surface area contributed by atoms with Crippen LogP contribution in [0.25, 0.3) is 0 Å². The largest absolute Gasteiger partial charge is 0.465 e. The van der Waals surface area contributed by atoms with E-state index in [1.165, 1.54) is 6.08 Å². The summed E-state index contributed by atoms with van der Waals surface area (Å²) in [5.41, 5.74) is -2.45. The van der Waals surface area contributed by atoms with Crippen LogP contribution in [0.1, 0.15) is 33.1 Å². The molecule has 2 aliphatic rings. The number of ether oxygens (including phenoxy) is 6. The molecule has 0 spiro atoms. The number of nitrogens with one attached hydrogen (secondary N) is 2. The van der Waals surface area contributed by atoms with Crippen molar-refractivity contribution in [1.82, 2.24) is 10.6 Å². The Balaban J connectivity index is 1.54. The summed E-state index contributed by atoms with van der Waals surface area (Å²) in [6.07, 6.45) is 0.851. The van der Waals surface area contributed by atoms with Gasteiger partial charge in [-0.2, -0.15) is 0 Å². The van der Waals surface area contributed by atoms with E-state index >= 15 is 0 Å². The van der Waals surface area contributed by atoms with Crippen LogP contribution in [0, 0.1) is 16.7 Å². The average Bonchev–Trinajstić information content (AvgIpc) is 3.67. The molecular formula is C26H36N2O12. The quantitative estimate of drug-likeness (QED) is 0.0893. The number of rotatable bonds is 16. The van der Waals surface area contributed by atoms with Gasteiger partial charge in [0, 0.05) is 5.92 Å². The Morgan fingerprint density at radius 3 is 1.68 bits per heavy atom. The molecule has 2 rings (SSSR count). The third-order valence-corrected chi connectivity index (χ3v) is 6.44. The van der Waals surface area contributed by atoms with Gasteiger partial charge in [0.05, 0.1) is 26.3 Å². The third kappa shape index (κ3) is 7.51. The molecule has 0 aromatic rings. The molecule has 2 fully saturated rings. The maximum absolute atomic E-state index is 12.4. The fraction of sp³-hybridized carbons (Fsp3) is 0.615. The van der Waals surface area contributed by atoms with E-state index in [-0.39, 0.29) is 71.5 Å². The van der Waals surface area contributed by atoms with E-state index in [4.69, 9.17) is 28.4 Å². The zero-order valence-corrected chi connectivity index (χ0v) is 22.7. The number of amides is 2. The number of hydrogen-bond acceptors (Lipinski definition) is 12. The average molecular weight is 569 g/mol. The van der Waals surface area contributed by atoms with Crippen molar-refractivity contribution in [3.63, 3.8) is 0 Å². The second-order valence-electron chi connectivity index (χ2n) is 8.86. The first-order valence-electron chi connectivity index (χ1n) is 12.9. The molecule has 3 unspecified atom stereocenters. The lowest BCUT2D eigenvalue weighted by molar-refractivity contribution is -0.173. The summed E-state index contributed by atoms with van der Waals surface area (Å²) < 4.78 is 29.8. The van der Waals surface area contributed by atoms with E-state index in [0.717, 1.165) is 0 Å². The van der Waals surface area contributed by atoms with Gasteiger partial charge in [-0.1, -0.05) is 12.7 Å². The van der Waals surface area contributed by atoms with E-state index < -0.39 is 46.9 Å². The van der Waals surface area contributed by atoms with E-state index in [2.05, 4.69) is 23.8 Å². The predicted molar refractivity (Wildman–Crippen MR) is 135 cm³/mol. The highest BCUT2D eigenvalue weighted by Gasteiger charge is 2.67. The summed E-state index contributed by atoms with van der Waals surface area (Å²) in [6.45, 7) is 9.76. The summed E-state index contributed by atoms with van der Waals surface area (Å²) in [7, 11) is 0. The molecule has 2 aliphatic carbocycles. The first-order chi connectivity index (χ1) is 19.1. The standard InChI is InChI=1S/C26H36N2O12/c1-5-18-16-26(18,21(31)36-7-3)22(32)38-13-11-28-24(34)40-15-14-39-23(33)27-10-12-37-20(30)25(9-8-17(25)4)19(29)35-6-2/h5,18H,1,4,6-16H2,2-3H3,(H,27,33)(H,28,34). The minimum Gasteiger partial charge on any atom is -0.465 e. The molecule has 0 aromatic carbocycles. The smallest absolute Gasteiger partial charge is 0.407 e. The lowest BCUT2D eigenvalue weighted by Gasteiger charge is -2.38. The highest BCUT2D eigenvalue weighted by Crippen LogP contribution is 2.55. The Hall–Kier alpha value is -4.10. The third-order valence-electron chi connectivity index (χ3n) is 6.44. The fourth-order valence-corrected chi connectivity index (χ4v) is 3.98. The Bertz CT molecular complexity index is 1010. The monoisotopic (exact) mass is 568 g/mol. The number of allylic oxidation sites excluding steroid dienone is 1. The van der Waals surface area contributed by atoms with Crippen LogP contribution in [0.4, 0.5) is 9.59 Å². The SMILES string of the molecule is C=CC1CC1(C(=O)OCC)C(=O)OCCNC(=O)OCCOC(=O)NCCOC(=O)C1(C(=O)OCC)CCC1=C. The van der Waals surface area contributed by atoms with Crippen LogP contribution in [-0.2, 0) is 47.6 Å². The fourth-order valence-electron chi connectivity index (χ4n) is 3.98. The zero-order chi connectivity index (χ0) is 29.8. The second kappa shape index (κ2) is 14.9. The number of esters is 4. The van der Waals surface area contributed by atoms with Gasteiger partial charge in [0.1, 0.15) is 26.4 Å². The molecular weight excluding hydrogens is 532 g/mol. The molecule has 222 valence electrons. The highest BCUT2D eigenvalue weighted by atomic mass is 16.6. The minimum absolute atomic E-state index is 0.0763. The molecule has 40 heavy (non-hydrogen) atoms. The van der Waals surface area contributed by atoms with Gasteiger partial charge in [-0.15, -0.1) is 6.58 Å². The summed E-state index contributed by atoms with van der Waals surface area (Å²) in [4.78, 5) is 72.6. The van der Waals surface area contributed by atoms with Gasteiger partial charge in [-0.25, -0.2) is 9.59 Å². The van der Waals surface area contributed by atoms with Crippen molar-refractivity contribution in [3.05, 3.63) is 24.8 Å². The number of carbonyl (C=O) groups is 6. The molecule has 14 nitrogen and oxygen atoms in total. The van der Waals surface area contributed by atoms with Crippen LogP contribution in [0.3, 0.4) is 0 Å². The van der Waals surface area contributed by atoms with Crippen LogP contribution in [0.2, 0.25) is 0 Å². The zero-order valence-electron chi connectivity index (χ0n) is 22.7. The van der Waals surface area contributed by atoms with Crippen molar-refractivity contribution in [1.29, 1.82) is 0 Å². The lowest BCUT2D eigenvalue weighted by atomic mass is 9.65. The molecule has 0 bridgehead atoms. The molecule has 3 atom stereocenters. The molecule has 2 N–H and O–H groups in total. The number of hydrogen-bond donors (Lipinski definition) is 2. The van der Waals surface area contributed by atoms with Gasteiger partial charge in [-0.3, -0.25) is 19.2 Å². The van der Waals surface area contributed by atoms with Crippen molar-refractivity contribution >= 4 is 36.1 Å².